The molecule has 0 bridgehead atoms. The van der Waals surface area contributed by atoms with Gasteiger partial charge in [-0.15, -0.1) is 0 Å². The zero-order chi connectivity index (χ0) is 24.4. The molecule has 1 fully saturated rings. The Bertz CT molecular complexity index is 1340. The Morgan fingerprint density at radius 2 is 1.83 bits per heavy atom. The first kappa shape index (κ1) is 23.0. The maximum absolute atomic E-state index is 12.9. The third kappa shape index (κ3) is 4.87. The molecule has 5 rings (SSSR count). The molecule has 1 saturated heterocycles. The van der Waals surface area contributed by atoms with E-state index in [1.165, 1.54) is 5.56 Å². The minimum atomic E-state index is 0.0499. The molecule has 0 spiro atoms. The van der Waals surface area contributed by atoms with Crippen LogP contribution in [0.15, 0.2) is 66.7 Å². The number of ether oxygens (including phenoxy) is 2. The number of hydrogen-bond donors (Lipinski definition) is 0. The fourth-order valence-electron chi connectivity index (χ4n) is 4.80. The molecular weight excluding hydrogens is 438 g/mol. The highest BCUT2D eigenvalue weighted by molar-refractivity contribution is 5.81. The zero-order valence-corrected chi connectivity index (χ0v) is 20.5. The number of hydrogen-bond acceptors (Lipinski definition) is 4. The fourth-order valence-corrected chi connectivity index (χ4v) is 4.80. The molecule has 1 unspecified atom stereocenters. The molecule has 1 aliphatic heterocycles. The van der Waals surface area contributed by atoms with E-state index in [2.05, 4.69) is 42.7 Å². The summed E-state index contributed by atoms with van der Waals surface area (Å²) in [5.41, 5.74) is 5.43. The van der Waals surface area contributed by atoms with E-state index in [0.717, 1.165) is 39.5 Å². The van der Waals surface area contributed by atoms with Gasteiger partial charge in [-0.2, -0.15) is 0 Å². The van der Waals surface area contributed by atoms with Crippen molar-refractivity contribution < 1.29 is 14.3 Å². The molecule has 0 radical (unpaired) electrons. The number of likely N-dealkylation sites (tertiary alicyclic amines) is 1. The highest BCUT2D eigenvalue weighted by Crippen LogP contribution is 2.31. The van der Waals surface area contributed by atoms with Crippen LogP contribution >= 0.6 is 0 Å². The molecule has 2 heterocycles. The van der Waals surface area contributed by atoms with Crippen LogP contribution < -0.4 is 9.47 Å². The summed E-state index contributed by atoms with van der Waals surface area (Å²) < 4.78 is 13.6. The highest BCUT2D eigenvalue weighted by Gasteiger charge is 2.34. The number of nitrogens with zero attached hydrogens (tertiary/aromatic N) is 3. The van der Waals surface area contributed by atoms with Crippen molar-refractivity contribution in [3.8, 4) is 11.5 Å². The van der Waals surface area contributed by atoms with Gasteiger partial charge in [-0.25, -0.2) is 4.98 Å². The number of carbonyl (C=O) groups excluding carboxylic acids is 1. The van der Waals surface area contributed by atoms with Gasteiger partial charge in [0.2, 0.25) is 5.91 Å². The molecular formula is C29H31N3O3. The van der Waals surface area contributed by atoms with Crippen molar-refractivity contribution in [1.82, 2.24) is 14.5 Å². The SMILES string of the molecule is COc1ccc(CN2CC(c3nc4ccccc4n3CCOc3cc(C)ccc3C)CC2=O)cc1. The van der Waals surface area contributed by atoms with Crippen LogP contribution in [-0.2, 0) is 17.9 Å². The van der Waals surface area contributed by atoms with Gasteiger partial charge in [0.1, 0.15) is 23.9 Å². The zero-order valence-electron chi connectivity index (χ0n) is 20.5. The molecule has 1 aliphatic rings. The molecule has 35 heavy (non-hydrogen) atoms. The van der Waals surface area contributed by atoms with Crippen molar-refractivity contribution in [1.29, 1.82) is 0 Å². The third-order valence-electron chi connectivity index (χ3n) is 6.71. The predicted octanol–water partition coefficient (Wildman–Crippen LogP) is 5.26. The second-order valence-electron chi connectivity index (χ2n) is 9.25. The van der Waals surface area contributed by atoms with Crippen molar-refractivity contribution in [3.63, 3.8) is 0 Å². The Balaban J connectivity index is 1.34. The van der Waals surface area contributed by atoms with Crippen molar-refractivity contribution in [2.45, 2.75) is 39.3 Å². The van der Waals surface area contributed by atoms with Gasteiger partial charge in [0.25, 0.3) is 0 Å². The van der Waals surface area contributed by atoms with Gasteiger partial charge in [-0.3, -0.25) is 4.79 Å². The average Bonchev–Trinajstić information content (AvgIpc) is 3.42. The van der Waals surface area contributed by atoms with E-state index in [1.807, 2.05) is 47.4 Å². The summed E-state index contributed by atoms with van der Waals surface area (Å²) in [6.07, 6.45) is 0.470. The van der Waals surface area contributed by atoms with Crippen LogP contribution in [-0.4, -0.2) is 40.6 Å². The lowest BCUT2D eigenvalue weighted by Gasteiger charge is -2.18. The van der Waals surface area contributed by atoms with Gasteiger partial charge in [0.05, 0.1) is 24.7 Å². The summed E-state index contributed by atoms with van der Waals surface area (Å²) >= 11 is 0. The summed E-state index contributed by atoms with van der Waals surface area (Å²) in [6, 6.07) is 22.3. The largest absolute Gasteiger partial charge is 0.497 e. The summed E-state index contributed by atoms with van der Waals surface area (Å²) in [6.45, 7) is 6.60. The first-order valence-electron chi connectivity index (χ1n) is 12.1. The molecule has 0 aliphatic carbocycles. The van der Waals surface area contributed by atoms with E-state index in [9.17, 15) is 4.79 Å². The molecule has 0 N–H and O–H groups in total. The number of carbonyl (C=O) groups is 1. The van der Waals surface area contributed by atoms with E-state index in [-0.39, 0.29) is 11.8 Å². The minimum absolute atomic E-state index is 0.0499. The van der Waals surface area contributed by atoms with Crippen LogP contribution in [0.5, 0.6) is 11.5 Å². The molecule has 180 valence electrons. The van der Waals surface area contributed by atoms with Crippen LogP contribution in [0.1, 0.15) is 34.9 Å². The predicted molar refractivity (Wildman–Crippen MR) is 137 cm³/mol. The number of benzene rings is 3. The number of imidazole rings is 1. The fraction of sp³-hybridized carbons (Fsp3) is 0.310. The number of methoxy groups -OCH3 is 1. The van der Waals surface area contributed by atoms with Crippen LogP contribution in [0.3, 0.4) is 0 Å². The Labute approximate surface area is 206 Å². The number of aryl methyl sites for hydroxylation is 2. The van der Waals surface area contributed by atoms with Gasteiger partial charge >= 0.3 is 0 Å². The van der Waals surface area contributed by atoms with Crippen molar-refractivity contribution in [2.24, 2.45) is 0 Å². The Morgan fingerprint density at radius 1 is 1.03 bits per heavy atom. The lowest BCUT2D eigenvalue weighted by molar-refractivity contribution is -0.128. The van der Waals surface area contributed by atoms with Crippen LogP contribution in [0.2, 0.25) is 0 Å². The summed E-state index contributed by atoms with van der Waals surface area (Å²) in [4.78, 5) is 19.8. The maximum atomic E-state index is 12.9. The number of aromatic nitrogens is 2. The summed E-state index contributed by atoms with van der Waals surface area (Å²) in [7, 11) is 1.66. The second kappa shape index (κ2) is 9.82. The normalized spacial score (nSPS) is 15.7. The Kier molecular flexibility index (Phi) is 6.45. The van der Waals surface area contributed by atoms with E-state index >= 15 is 0 Å². The molecule has 6 nitrogen and oxygen atoms in total. The van der Waals surface area contributed by atoms with Gasteiger partial charge in [0, 0.05) is 25.4 Å². The van der Waals surface area contributed by atoms with Crippen molar-refractivity contribution in [2.75, 3.05) is 20.3 Å². The topological polar surface area (TPSA) is 56.6 Å². The smallest absolute Gasteiger partial charge is 0.223 e. The molecule has 3 aromatic carbocycles. The van der Waals surface area contributed by atoms with Crippen molar-refractivity contribution in [3.05, 3.63) is 89.2 Å². The molecule has 4 aromatic rings. The standard InChI is InChI=1S/C29H31N3O3/c1-20-8-9-21(2)27(16-20)35-15-14-32-26-7-5-4-6-25(26)30-29(32)23-17-28(33)31(19-23)18-22-10-12-24(34-3)13-11-22/h4-13,16,23H,14-15,17-19H2,1-3H3. The average molecular weight is 470 g/mol. The van der Waals surface area contributed by atoms with E-state index in [0.29, 0.717) is 32.7 Å². The Hall–Kier alpha value is -3.80. The summed E-state index contributed by atoms with van der Waals surface area (Å²) in [5, 5.41) is 0. The Morgan fingerprint density at radius 3 is 2.63 bits per heavy atom. The molecule has 1 aromatic heterocycles. The van der Waals surface area contributed by atoms with E-state index in [4.69, 9.17) is 14.5 Å². The van der Waals surface area contributed by atoms with Gasteiger partial charge in [-0.1, -0.05) is 36.4 Å². The van der Waals surface area contributed by atoms with Crippen LogP contribution in [0, 0.1) is 13.8 Å². The highest BCUT2D eigenvalue weighted by atomic mass is 16.5. The summed E-state index contributed by atoms with van der Waals surface area (Å²) in [5.74, 6) is 2.90. The second-order valence-corrected chi connectivity index (χ2v) is 9.25. The van der Waals surface area contributed by atoms with Crippen molar-refractivity contribution >= 4 is 16.9 Å². The minimum Gasteiger partial charge on any atom is -0.497 e. The number of para-hydroxylation sites is 2. The first-order chi connectivity index (χ1) is 17.0. The van der Waals surface area contributed by atoms with E-state index < -0.39 is 0 Å². The number of rotatable bonds is 8. The molecule has 6 heteroatoms. The van der Waals surface area contributed by atoms with Gasteiger partial charge in [-0.05, 0) is 60.9 Å². The maximum Gasteiger partial charge on any atom is 0.223 e. The first-order valence-corrected chi connectivity index (χ1v) is 12.1. The quantitative estimate of drug-likeness (QED) is 0.353. The lowest BCUT2D eigenvalue weighted by atomic mass is 10.1. The number of amides is 1. The molecule has 0 saturated carbocycles. The lowest BCUT2D eigenvalue weighted by Crippen LogP contribution is -2.24. The van der Waals surface area contributed by atoms with Crippen LogP contribution in [0.25, 0.3) is 11.0 Å². The van der Waals surface area contributed by atoms with Gasteiger partial charge < -0.3 is 18.9 Å². The van der Waals surface area contributed by atoms with Gasteiger partial charge in [0.15, 0.2) is 0 Å². The van der Waals surface area contributed by atoms with E-state index in [1.54, 1.807) is 7.11 Å². The van der Waals surface area contributed by atoms with Crippen LogP contribution in [0.4, 0.5) is 0 Å². The molecule has 1 amide bonds. The monoisotopic (exact) mass is 469 g/mol. The number of fused-ring (bicyclic) bond motifs is 1. The molecule has 1 atom stereocenters. The third-order valence-corrected chi connectivity index (χ3v) is 6.71.